The molecule has 0 unspecified atom stereocenters. The molecule has 0 bridgehead atoms. The average molecular weight is 466 g/mol. The van der Waals surface area contributed by atoms with E-state index in [1.54, 1.807) is 17.0 Å². The van der Waals surface area contributed by atoms with Crippen LogP contribution in [0.2, 0.25) is 0 Å². The minimum atomic E-state index is -0.519. The number of anilines is 1. The van der Waals surface area contributed by atoms with Gasteiger partial charge in [0, 0.05) is 37.9 Å². The van der Waals surface area contributed by atoms with Gasteiger partial charge in [-0.15, -0.1) is 0 Å². The number of nitrogens with one attached hydrogen (secondary N) is 1. The minimum Gasteiger partial charge on any atom is -0.336 e. The fraction of sp³-hybridized carbons (Fsp3) is 0.500. The van der Waals surface area contributed by atoms with Crippen molar-refractivity contribution in [2.45, 2.75) is 52.0 Å². The van der Waals surface area contributed by atoms with Gasteiger partial charge in [-0.2, -0.15) is 5.26 Å². The molecule has 1 saturated heterocycles. The Balaban J connectivity index is 1.39. The summed E-state index contributed by atoms with van der Waals surface area (Å²) < 4.78 is 16.1. The first kappa shape index (κ1) is 24.0. The van der Waals surface area contributed by atoms with Crippen molar-refractivity contribution in [1.82, 2.24) is 14.4 Å². The molecule has 0 radical (unpaired) electrons. The minimum absolute atomic E-state index is 0.0759. The molecule has 1 aliphatic heterocycles. The zero-order valence-corrected chi connectivity index (χ0v) is 19.9. The van der Waals surface area contributed by atoms with Crippen LogP contribution in [0.15, 0.2) is 24.3 Å². The highest BCUT2D eigenvalue weighted by atomic mass is 19.1. The second-order valence-electron chi connectivity index (χ2n) is 9.30. The third kappa shape index (κ3) is 4.85. The van der Waals surface area contributed by atoms with E-state index in [0.29, 0.717) is 43.6 Å². The standard InChI is InChI=1S/C26H32FN5O2/c1-18-19(2)32(20-8-4-3-5-9-20)25(22(18)16-28)29-24(33)17-30-12-14-31(15-13-30)26(34)21-10-6-7-11-23(21)27/h6-7,10-11,20H,3-5,8-9,12-15,17H2,1-2H3,(H,29,33). The number of piperazine rings is 1. The van der Waals surface area contributed by atoms with Gasteiger partial charge in [0.1, 0.15) is 17.7 Å². The molecule has 7 nitrogen and oxygen atoms in total. The van der Waals surface area contributed by atoms with E-state index >= 15 is 0 Å². The molecule has 1 aromatic carbocycles. The predicted molar refractivity (Wildman–Crippen MR) is 128 cm³/mol. The molecule has 8 heteroatoms. The summed E-state index contributed by atoms with van der Waals surface area (Å²) in [5.74, 6) is -0.394. The summed E-state index contributed by atoms with van der Waals surface area (Å²) in [6.45, 7) is 6.06. The predicted octanol–water partition coefficient (Wildman–Crippen LogP) is 4.02. The molecule has 0 spiro atoms. The zero-order chi connectivity index (χ0) is 24.2. The first-order chi connectivity index (χ1) is 16.4. The molecule has 2 heterocycles. The Morgan fingerprint density at radius 3 is 2.41 bits per heavy atom. The molecular formula is C26H32FN5O2. The van der Waals surface area contributed by atoms with Gasteiger partial charge in [-0.1, -0.05) is 31.4 Å². The summed E-state index contributed by atoms with van der Waals surface area (Å²) >= 11 is 0. The average Bonchev–Trinajstić information content (AvgIpc) is 3.08. The Hall–Kier alpha value is -3.18. The molecule has 0 atom stereocenters. The summed E-state index contributed by atoms with van der Waals surface area (Å²) in [5.41, 5.74) is 2.58. The van der Waals surface area contributed by atoms with Gasteiger partial charge in [0.15, 0.2) is 0 Å². The van der Waals surface area contributed by atoms with Crippen LogP contribution >= 0.6 is 0 Å². The van der Waals surface area contributed by atoms with E-state index in [2.05, 4.69) is 16.0 Å². The maximum atomic E-state index is 14.0. The number of benzene rings is 1. The Morgan fingerprint density at radius 1 is 1.09 bits per heavy atom. The van der Waals surface area contributed by atoms with Crippen LogP contribution in [0.1, 0.15) is 65.3 Å². The maximum absolute atomic E-state index is 14.0. The Labute approximate surface area is 200 Å². The van der Waals surface area contributed by atoms with Crippen LogP contribution in [0.25, 0.3) is 0 Å². The van der Waals surface area contributed by atoms with Gasteiger partial charge in [0.2, 0.25) is 5.91 Å². The number of aromatic nitrogens is 1. The summed E-state index contributed by atoms with van der Waals surface area (Å²) in [6, 6.07) is 8.59. The number of carbonyl (C=O) groups excluding carboxylic acids is 2. The third-order valence-corrected chi connectivity index (χ3v) is 7.20. The van der Waals surface area contributed by atoms with Crippen molar-refractivity contribution in [2.24, 2.45) is 0 Å². The first-order valence-electron chi connectivity index (χ1n) is 12.1. The lowest BCUT2D eigenvalue weighted by Gasteiger charge is -2.34. The topological polar surface area (TPSA) is 81.4 Å². The van der Waals surface area contributed by atoms with Gasteiger partial charge < -0.3 is 14.8 Å². The SMILES string of the molecule is Cc1c(C#N)c(NC(=O)CN2CCN(C(=O)c3ccccc3F)CC2)n(C2CCCCC2)c1C. The van der Waals surface area contributed by atoms with Crippen molar-refractivity contribution < 1.29 is 14.0 Å². The van der Waals surface area contributed by atoms with Crippen molar-refractivity contribution in [1.29, 1.82) is 5.26 Å². The quantitative estimate of drug-likeness (QED) is 0.723. The lowest BCUT2D eigenvalue weighted by atomic mass is 9.95. The van der Waals surface area contributed by atoms with Gasteiger partial charge in [-0.25, -0.2) is 4.39 Å². The van der Waals surface area contributed by atoms with Gasteiger partial charge in [-0.3, -0.25) is 14.5 Å². The van der Waals surface area contributed by atoms with E-state index in [9.17, 15) is 19.2 Å². The smallest absolute Gasteiger partial charge is 0.256 e. The summed E-state index contributed by atoms with van der Waals surface area (Å²) in [6.07, 6.45) is 5.66. The molecule has 180 valence electrons. The molecule has 1 aliphatic carbocycles. The van der Waals surface area contributed by atoms with Crippen molar-refractivity contribution in [3.8, 4) is 6.07 Å². The van der Waals surface area contributed by atoms with Crippen LogP contribution in [0.4, 0.5) is 10.2 Å². The first-order valence-corrected chi connectivity index (χ1v) is 12.1. The molecule has 1 saturated carbocycles. The van der Waals surface area contributed by atoms with E-state index < -0.39 is 5.82 Å². The van der Waals surface area contributed by atoms with Gasteiger partial charge >= 0.3 is 0 Å². The Bertz CT molecular complexity index is 1110. The monoisotopic (exact) mass is 465 g/mol. The fourth-order valence-electron chi connectivity index (χ4n) is 5.17. The van der Waals surface area contributed by atoms with E-state index in [1.165, 1.54) is 18.6 Å². The molecule has 4 rings (SSSR count). The van der Waals surface area contributed by atoms with Crippen molar-refractivity contribution in [3.05, 3.63) is 52.5 Å². The number of hydrogen-bond acceptors (Lipinski definition) is 4. The summed E-state index contributed by atoms with van der Waals surface area (Å²) in [4.78, 5) is 29.2. The molecule has 1 N–H and O–H groups in total. The lowest BCUT2D eigenvalue weighted by molar-refractivity contribution is -0.117. The molecule has 2 aliphatic rings. The number of halogens is 1. The van der Waals surface area contributed by atoms with E-state index in [1.807, 2.05) is 18.7 Å². The van der Waals surface area contributed by atoms with Gasteiger partial charge in [0.05, 0.1) is 17.7 Å². The number of rotatable bonds is 5. The highest BCUT2D eigenvalue weighted by Gasteiger charge is 2.28. The van der Waals surface area contributed by atoms with Gasteiger partial charge in [0.25, 0.3) is 5.91 Å². The molecule has 1 aromatic heterocycles. The van der Waals surface area contributed by atoms with Crippen molar-refractivity contribution in [2.75, 3.05) is 38.0 Å². The molecule has 2 fully saturated rings. The van der Waals surface area contributed by atoms with Crippen LogP contribution in [0.5, 0.6) is 0 Å². The van der Waals surface area contributed by atoms with Crippen LogP contribution in [-0.4, -0.2) is 58.9 Å². The fourth-order valence-corrected chi connectivity index (χ4v) is 5.17. The highest BCUT2D eigenvalue weighted by molar-refractivity contribution is 5.95. The second kappa shape index (κ2) is 10.4. The van der Waals surface area contributed by atoms with Crippen LogP contribution < -0.4 is 5.32 Å². The Morgan fingerprint density at radius 2 is 1.76 bits per heavy atom. The van der Waals surface area contributed by atoms with Crippen LogP contribution in [-0.2, 0) is 4.79 Å². The Kier molecular flexibility index (Phi) is 7.32. The summed E-state index contributed by atoms with van der Waals surface area (Å²) in [7, 11) is 0. The largest absolute Gasteiger partial charge is 0.336 e. The third-order valence-electron chi connectivity index (χ3n) is 7.20. The number of carbonyl (C=O) groups is 2. The number of amides is 2. The van der Waals surface area contributed by atoms with Crippen molar-refractivity contribution >= 4 is 17.6 Å². The lowest BCUT2D eigenvalue weighted by Crippen LogP contribution is -2.50. The highest BCUT2D eigenvalue weighted by Crippen LogP contribution is 2.36. The second-order valence-corrected chi connectivity index (χ2v) is 9.30. The number of nitrogens with zero attached hydrogens (tertiary/aromatic N) is 4. The van der Waals surface area contributed by atoms with Gasteiger partial charge in [-0.05, 0) is 44.4 Å². The van der Waals surface area contributed by atoms with Crippen LogP contribution in [0.3, 0.4) is 0 Å². The van der Waals surface area contributed by atoms with Crippen LogP contribution in [0, 0.1) is 31.0 Å². The molecule has 2 amide bonds. The zero-order valence-electron chi connectivity index (χ0n) is 19.9. The maximum Gasteiger partial charge on any atom is 0.256 e. The van der Waals surface area contributed by atoms with Crippen molar-refractivity contribution in [3.63, 3.8) is 0 Å². The van der Waals surface area contributed by atoms with E-state index in [-0.39, 0.29) is 23.9 Å². The molecular weight excluding hydrogens is 433 g/mol. The number of hydrogen-bond donors (Lipinski definition) is 1. The van der Waals surface area contributed by atoms with E-state index in [4.69, 9.17) is 0 Å². The molecule has 34 heavy (non-hydrogen) atoms. The number of nitriles is 1. The normalized spacial score (nSPS) is 17.4. The van der Waals surface area contributed by atoms with E-state index in [0.717, 1.165) is 36.9 Å². The molecule has 2 aromatic rings. The summed E-state index contributed by atoms with van der Waals surface area (Å²) in [5, 5.41) is 12.8.